The highest BCUT2D eigenvalue weighted by molar-refractivity contribution is 5.78. The van der Waals surface area contributed by atoms with Crippen molar-refractivity contribution in [3.05, 3.63) is 0 Å². The Labute approximate surface area is 92.3 Å². The minimum Gasteiger partial charge on any atom is -0.480 e. The molecular formula is C9H15NO6. The zero-order valence-electron chi connectivity index (χ0n) is 8.92. The molecule has 0 aliphatic carbocycles. The summed E-state index contributed by atoms with van der Waals surface area (Å²) in [6.45, 7) is 0.558. The van der Waals surface area contributed by atoms with Gasteiger partial charge in [-0.3, -0.25) is 19.3 Å². The smallest absolute Gasteiger partial charge is 0.320 e. The summed E-state index contributed by atoms with van der Waals surface area (Å²) in [7, 11) is 0. The predicted octanol–water partition coefficient (Wildman–Crippen LogP) is -0.289. The minimum atomic E-state index is -1.25. The summed E-state index contributed by atoms with van der Waals surface area (Å²) in [4.78, 5) is 32.8. The molecular weight excluding hydrogens is 218 g/mol. The molecule has 0 aliphatic heterocycles. The molecule has 0 saturated heterocycles. The first-order chi connectivity index (χ1) is 7.38. The second kappa shape index (κ2) is 6.78. The normalized spacial score (nSPS) is 12.4. The van der Waals surface area contributed by atoms with Gasteiger partial charge in [0.25, 0.3) is 0 Å². The third-order valence-corrected chi connectivity index (χ3v) is 1.96. The lowest BCUT2D eigenvalue weighted by molar-refractivity contribution is -0.149. The average molecular weight is 233 g/mol. The van der Waals surface area contributed by atoms with E-state index in [4.69, 9.17) is 15.3 Å². The van der Waals surface area contributed by atoms with Gasteiger partial charge in [0.1, 0.15) is 6.04 Å². The number of carbonyl (C=O) groups is 3. The summed E-state index contributed by atoms with van der Waals surface area (Å²) >= 11 is 0. The van der Waals surface area contributed by atoms with Crippen LogP contribution in [0.15, 0.2) is 0 Å². The lowest BCUT2D eigenvalue weighted by atomic mass is 10.1. The second-order valence-electron chi connectivity index (χ2n) is 3.34. The number of nitrogens with zero attached hydrogens (tertiary/aromatic N) is 1. The van der Waals surface area contributed by atoms with Crippen LogP contribution < -0.4 is 0 Å². The van der Waals surface area contributed by atoms with Gasteiger partial charge in [0.15, 0.2) is 0 Å². The van der Waals surface area contributed by atoms with Crippen LogP contribution in [0, 0.1) is 0 Å². The first kappa shape index (κ1) is 14.4. The van der Waals surface area contributed by atoms with E-state index in [1.54, 1.807) is 6.92 Å². The lowest BCUT2D eigenvalue weighted by Crippen LogP contribution is -2.46. The van der Waals surface area contributed by atoms with E-state index >= 15 is 0 Å². The van der Waals surface area contributed by atoms with Crippen LogP contribution in [0.2, 0.25) is 0 Å². The summed E-state index contributed by atoms with van der Waals surface area (Å²) in [5.41, 5.74) is 0. The molecule has 0 spiro atoms. The molecule has 7 nitrogen and oxygen atoms in total. The van der Waals surface area contributed by atoms with Crippen molar-refractivity contribution in [2.24, 2.45) is 0 Å². The molecule has 0 saturated carbocycles. The highest BCUT2D eigenvalue weighted by Crippen LogP contribution is 2.07. The molecule has 0 fully saturated rings. The number of carboxylic acid groups (broad SMARTS) is 3. The first-order valence-electron chi connectivity index (χ1n) is 4.78. The van der Waals surface area contributed by atoms with Gasteiger partial charge in [-0.1, -0.05) is 13.3 Å². The summed E-state index contributed by atoms with van der Waals surface area (Å²) in [5.74, 6) is -3.70. The standard InChI is InChI=1S/C9H15NO6/c1-2-3-6(9(15)16)10(4-7(11)12)5-8(13)14/h6H,2-5H2,1H3,(H,11,12)(H,13,14)(H,15,16)/t6-/m0/s1. The third-order valence-electron chi connectivity index (χ3n) is 1.96. The molecule has 16 heavy (non-hydrogen) atoms. The van der Waals surface area contributed by atoms with Crippen LogP contribution >= 0.6 is 0 Å². The van der Waals surface area contributed by atoms with Crippen molar-refractivity contribution in [3.8, 4) is 0 Å². The Morgan fingerprint density at radius 2 is 1.50 bits per heavy atom. The van der Waals surface area contributed by atoms with Gasteiger partial charge < -0.3 is 15.3 Å². The van der Waals surface area contributed by atoms with E-state index < -0.39 is 37.0 Å². The fourth-order valence-electron chi connectivity index (χ4n) is 1.36. The maximum Gasteiger partial charge on any atom is 0.320 e. The van der Waals surface area contributed by atoms with Crippen molar-refractivity contribution in [1.82, 2.24) is 4.90 Å². The molecule has 0 amide bonds. The molecule has 0 bridgehead atoms. The molecule has 0 unspecified atom stereocenters. The Morgan fingerprint density at radius 3 is 1.75 bits per heavy atom. The van der Waals surface area contributed by atoms with E-state index in [0.717, 1.165) is 4.90 Å². The SMILES string of the molecule is CCC[C@@H](C(=O)O)N(CC(=O)O)CC(=O)O. The lowest BCUT2D eigenvalue weighted by Gasteiger charge is -2.25. The van der Waals surface area contributed by atoms with E-state index in [1.807, 2.05) is 0 Å². The predicted molar refractivity (Wildman–Crippen MR) is 53.2 cm³/mol. The van der Waals surface area contributed by atoms with Gasteiger partial charge >= 0.3 is 17.9 Å². The monoisotopic (exact) mass is 233 g/mol. The van der Waals surface area contributed by atoms with Crippen molar-refractivity contribution in [2.75, 3.05) is 13.1 Å². The van der Waals surface area contributed by atoms with Crippen molar-refractivity contribution in [2.45, 2.75) is 25.8 Å². The number of rotatable bonds is 8. The number of aliphatic carboxylic acids is 3. The molecule has 0 aliphatic rings. The van der Waals surface area contributed by atoms with Crippen LogP contribution in [0.4, 0.5) is 0 Å². The minimum absolute atomic E-state index is 0.218. The summed E-state index contributed by atoms with van der Waals surface area (Å²) in [5, 5.41) is 26.0. The Balaban J connectivity index is 4.72. The molecule has 3 N–H and O–H groups in total. The van der Waals surface area contributed by atoms with Gasteiger partial charge in [0.05, 0.1) is 13.1 Å². The van der Waals surface area contributed by atoms with Gasteiger partial charge in [0.2, 0.25) is 0 Å². The molecule has 7 heteroatoms. The van der Waals surface area contributed by atoms with E-state index in [0.29, 0.717) is 6.42 Å². The maximum atomic E-state index is 10.9. The molecule has 0 rings (SSSR count). The Bertz CT molecular complexity index is 261. The van der Waals surface area contributed by atoms with Crippen LogP contribution in [0.25, 0.3) is 0 Å². The topological polar surface area (TPSA) is 115 Å². The van der Waals surface area contributed by atoms with Crippen LogP contribution in [0.5, 0.6) is 0 Å². The molecule has 92 valence electrons. The van der Waals surface area contributed by atoms with Gasteiger partial charge in [-0.05, 0) is 6.42 Å². The highest BCUT2D eigenvalue weighted by atomic mass is 16.4. The summed E-state index contributed by atoms with van der Waals surface area (Å²) < 4.78 is 0. The molecule has 0 radical (unpaired) electrons. The highest BCUT2D eigenvalue weighted by Gasteiger charge is 2.27. The molecule has 0 aromatic carbocycles. The van der Waals surface area contributed by atoms with Crippen LogP contribution in [0.3, 0.4) is 0 Å². The van der Waals surface area contributed by atoms with Crippen molar-refractivity contribution >= 4 is 17.9 Å². The maximum absolute atomic E-state index is 10.9. The van der Waals surface area contributed by atoms with Gasteiger partial charge in [-0.2, -0.15) is 0 Å². The number of hydrogen-bond donors (Lipinski definition) is 3. The van der Waals surface area contributed by atoms with E-state index in [1.165, 1.54) is 0 Å². The van der Waals surface area contributed by atoms with E-state index in [2.05, 4.69) is 0 Å². The first-order valence-corrected chi connectivity index (χ1v) is 4.78. The molecule has 0 aromatic rings. The largest absolute Gasteiger partial charge is 0.480 e. The Kier molecular flexibility index (Phi) is 6.09. The number of hydrogen-bond acceptors (Lipinski definition) is 4. The quantitative estimate of drug-likeness (QED) is 0.527. The van der Waals surface area contributed by atoms with Crippen molar-refractivity contribution < 1.29 is 29.7 Å². The molecule has 0 heterocycles. The van der Waals surface area contributed by atoms with E-state index in [9.17, 15) is 14.4 Å². The summed E-state index contributed by atoms with van der Waals surface area (Å²) in [6.07, 6.45) is 0.753. The van der Waals surface area contributed by atoms with Gasteiger partial charge in [-0.15, -0.1) is 0 Å². The zero-order chi connectivity index (χ0) is 12.7. The zero-order valence-corrected chi connectivity index (χ0v) is 8.92. The average Bonchev–Trinajstić information content (AvgIpc) is 2.10. The Morgan fingerprint density at radius 1 is 1.06 bits per heavy atom. The van der Waals surface area contributed by atoms with Gasteiger partial charge in [0, 0.05) is 0 Å². The molecule has 0 aromatic heterocycles. The van der Waals surface area contributed by atoms with Crippen LogP contribution in [-0.2, 0) is 14.4 Å². The third kappa shape index (κ3) is 5.30. The number of carboxylic acids is 3. The fraction of sp³-hybridized carbons (Fsp3) is 0.667. The van der Waals surface area contributed by atoms with Crippen LogP contribution in [0.1, 0.15) is 19.8 Å². The van der Waals surface area contributed by atoms with Crippen molar-refractivity contribution in [1.29, 1.82) is 0 Å². The van der Waals surface area contributed by atoms with Crippen LogP contribution in [-0.4, -0.2) is 57.3 Å². The fourth-order valence-corrected chi connectivity index (χ4v) is 1.36. The second-order valence-corrected chi connectivity index (χ2v) is 3.34. The van der Waals surface area contributed by atoms with Gasteiger partial charge in [-0.25, -0.2) is 0 Å². The summed E-state index contributed by atoms with van der Waals surface area (Å²) in [6, 6.07) is -1.07. The Hall–Kier alpha value is -1.63. The van der Waals surface area contributed by atoms with Crippen molar-refractivity contribution in [3.63, 3.8) is 0 Å². The van der Waals surface area contributed by atoms with E-state index in [-0.39, 0.29) is 6.42 Å². The molecule has 1 atom stereocenters.